The maximum absolute atomic E-state index is 2.55. The molecule has 0 heterocycles. The normalized spacial score (nSPS) is 13.0. The van der Waals surface area contributed by atoms with Crippen LogP contribution in [0.2, 0.25) is 0 Å². The summed E-state index contributed by atoms with van der Waals surface area (Å²) in [6.45, 7) is 22.9. The molecule has 0 fully saturated rings. The Kier molecular flexibility index (Phi) is 7.64. The zero-order valence-corrected chi connectivity index (χ0v) is 33.5. The largest absolute Gasteiger partial charge is 0.0587 e. The molecule has 0 aliphatic heterocycles. The fourth-order valence-electron chi connectivity index (χ4n) is 8.82. The van der Waals surface area contributed by atoms with Gasteiger partial charge < -0.3 is 0 Å². The summed E-state index contributed by atoms with van der Waals surface area (Å²) in [6.07, 6.45) is 2.55. The van der Waals surface area contributed by atoms with Gasteiger partial charge in [0.2, 0.25) is 0 Å². The van der Waals surface area contributed by atoms with Gasteiger partial charge in [0.1, 0.15) is 0 Å². The summed E-state index contributed by atoms with van der Waals surface area (Å²) in [5.41, 5.74) is 16.9. The van der Waals surface area contributed by atoms with Crippen LogP contribution in [-0.4, -0.2) is 0 Å². The quantitative estimate of drug-likeness (QED) is 0.172. The smallest absolute Gasteiger partial charge is 0.000707 e. The number of fused-ring (bicyclic) bond motifs is 5. The number of hydrogen-bond acceptors (Lipinski definition) is 0. The van der Waals surface area contributed by atoms with Gasteiger partial charge in [0.15, 0.2) is 0 Å². The van der Waals surface area contributed by atoms with Gasteiger partial charge >= 0.3 is 0 Å². The lowest BCUT2D eigenvalue weighted by atomic mass is 9.82. The summed E-state index contributed by atoms with van der Waals surface area (Å²) >= 11 is 0. The molecule has 9 rings (SSSR count). The molecule has 0 saturated carbocycles. The van der Waals surface area contributed by atoms with Crippen molar-refractivity contribution in [3.05, 3.63) is 203 Å². The van der Waals surface area contributed by atoms with E-state index in [0.29, 0.717) is 0 Å². The van der Waals surface area contributed by atoms with Crippen molar-refractivity contribution in [1.82, 2.24) is 0 Å². The van der Waals surface area contributed by atoms with Gasteiger partial charge in [-0.15, -0.1) is 0 Å². The van der Waals surface area contributed by atoms with E-state index in [4.69, 9.17) is 0 Å². The Hall–Kier alpha value is -5.46. The predicted octanol–water partition coefficient (Wildman–Crippen LogP) is 13.1. The van der Waals surface area contributed by atoms with E-state index in [-0.39, 0.29) is 10.8 Å². The molecule has 0 amide bonds. The van der Waals surface area contributed by atoms with E-state index in [1.165, 1.54) is 120 Å². The van der Waals surface area contributed by atoms with Gasteiger partial charge in [-0.1, -0.05) is 167 Å². The lowest BCUT2D eigenvalue weighted by Crippen LogP contribution is -2.12. The zero-order valence-electron chi connectivity index (χ0n) is 33.5. The minimum absolute atomic E-state index is 0.00156. The first kappa shape index (κ1) is 34.3. The lowest BCUT2D eigenvalue weighted by Gasteiger charge is -2.23. The van der Waals surface area contributed by atoms with Crippen molar-refractivity contribution < 1.29 is 0 Å². The van der Waals surface area contributed by atoms with Gasteiger partial charge in [-0.2, -0.15) is 0 Å². The highest BCUT2D eigenvalue weighted by atomic mass is 14.3. The second kappa shape index (κ2) is 12.0. The summed E-state index contributed by atoms with van der Waals surface area (Å²) in [5, 5.41) is 12.3. The molecule has 3 aliphatic carbocycles. The van der Waals surface area contributed by atoms with Gasteiger partial charge in [-0.3, -0.25) is 0 Å². The molecule has 0 spiro atoms. The molecule has 0 unspecified atom stereocenters. The van der Waals surface area contributed by atoms with Crippen molar-refractivity contribution in [3.8, 4) is 0 Å². The van der Waals surface area contributed by atoms with Crippen LogP contribution in [0.25, 0.3) is 38.8 Å². The van der Waals surface area contributed by atoms with Crippen molar-refractivity contribution in [3.63, 3.8) is 0 Å². The molecular weight excluding hydrogens is 649 g/mol. The van der Waals surface area contributed by atoms with E-state index in [0.717, 1.165) is 0 Å². The molecule has 0 atom stereocenters. The minimum Gasteiger partial charge on any atom is -0.0587 e. The third-order valence-corrected chi connectivity index (χ3v) is 11.9. The number of hydrogen-bond donors (Lipinski definition) is 0. The van der Waals surface area contributed by atoms with Gasteiger partial charge in [0.25, 0.3) is 0 Å². The second-order valence-electron chi connectivity index (χ2n) is 18.1. The first-order chi connectivity index (χ1) is 25.7. The third-order valence-electron chi connectivity index (χ3n) is 11.9. The highest BCUT2D eigenvalue weighted by Gasteiger charge is 2.29. The highest BCUT2D eigenvalue weighted by molar-refractivity contribution is 6.15. The Morgan fingerprint density at radius 3 is 1.46 bits per heavy atom. The molecule has 0 nitrogen and oxygen atoms in total. The summed E-state index contributed by atoms with van der Waals surface area (Å²) < 4.78 is 0. The van der Waals surface area contributed by atoms with Gasteiger partial charge in [-0.05, 0) is 154 Å². The lowest BCUT2D eigenvalue weighted by molar-refractivity contribution is 0.590. The van der Waals surface area contributed by atoms with E-state index in [1.807, 2.05) is 0 Å². The first-order valence-corrected chi connectivity index (χ1v) is 19.6. The van der Waals surface area contributed by atoms with Gasteiger partial charge in [-0.25, -0.2) is 0 Å². The summed E-state index contributed by atoms with van der Waals surface area (Å²) in [7, 11) is 0. The molecule has 0 bridgehead atoms. The molecule has 266 valence electrons. The first-order valence-electron chi connectivity index (χ1n) is 19.6. The van der Waals surface area contributed by atoms with Crippen LogP contribution in [-0.2, 0) is 10.8 Å². The van der Waals surface area contributed by atoms with Crippen LogP contribution < -0.4 is 5.22 Å². The van der Waals surface area contributed by atoms with Crippen molar-refractivity contribution in [2.45, 2.75) is 80.1 Å². The van der Waals surface area contributed by atoms with Gasteiger partial charge in [0, 0.05) is 0 Å². The van der Waals surface area contributed by atoms with Crippen LogP contribution >= 0.6 is 0 Å². The van der Waals surface area contributed by atoms with Gasteiger partial charge in [0.05, 0.1) is 0 Å². The Morgan fingerprint density at radius 1 is 0.463 bits per heavy atom. The fraction of sp³-hybridized carbons (Fsp3) is 0.222. The highest BCUT2D eigenvalue weighted by Crippen LogP contribution is 2.45. The van der Waals surface area contributed by atoms with Crippen LogP contribution in [0.3, 0.4) is 0 Å². The van der Waals surface area contributed by atoms with E-state index in [1.54, 1.807) is 0 Å². The molecule has 6 aromatic rings. The molecule has 54 heavy (non-hydrogen) atoms. The average Bonchev–Trinajstić information content (AvgIpc) is 3.74. The standard InChI is InChI=1S/C54H50/c1-31-11-18-35(19-12-31)42(36-20-13-32(2)14-21-36)30-46-49-44-28-39(53(5,6)7)26-38-27-40(54(8,9)10)29-45(47(38)44)52(49)50-43-25-34(4)17-24-41(43)48(51(46)50)37-22-15-33(3)16-23-37/h11-30H,1-10H3. The predicted molar refractivity (Wildman–Crippen MR) is 232 cm³/mol. The Morgan fingerprint density at radius 2 is 0.944 bits per heavy atom. The van der Waals surface area contributed by atoms with Crippen LogP contribution in [0, 0.1) is 48.6 Å². The fourth-order valence-corrected chi connectivity index (χ4v) is 8.82. The number of aryl methyl sites for hydroxylation is 4. The third kappa shape index (κ3) is 5.41. The van der Waals surface area contributed by atoms with Crippen LogP contribution in [0.1, 0.15) is 103 Å². The summed E-state index contributed by atoms with van der Waals surface area (Å²) in [5.74, 6) is 0. The van der Waals surface area contributed by atoms with Crippen molar-refractivity contribution in [1.29, 1.82) is 0 Å². The Bertz CT molecular complexity index is 2980. The Balaban J connectivity index is 1.57. The number of rotatable bonds is 4. The second-order valence-corrected chi connectivity index (χ2v) is 18.1. The van der Waals surface area contributed by atoms with Crippen LogP contribution in [0.15, 0.2) is 115 Å². The van der Waals surface area contributed by atoms with E-state index in [2.05, 4.69) is 191 Å². The minimum atomic E-state index is -0.00544. The van der Waals surface area contributed by atoms with Crippen molar-refractivity contribution >= 4 is 38.8 Å². The molecular formula is C54H50. The molecule has 3 aliphatic rings. The number of benzene rings is 6. The van der Waals surface area contributed by atoms with Crippen LogP contribution in [0.4, 0.5) is 0 Å². The average molecular weight is 699 g/mol. The monoisotopic (exact) mass is 698 g/mol. The van der Waals surface area contributed by atoms with Crippen LogP contribution in [0.5, 0.6) is 0 Å². The maximum atomic E-state index is 2.55. The van der Waals surface area contributed by atoms with E-state index < -0.39 is 0 Å². The molecule has 6 aromatic carbocycles. The molecule has 0 aromatic heterocycles. The van der Waals surface area contributed by atoms with E-state index in [9.17, 15) is 0 Å². The van der Waals surface area contributed by atoms with Crippen molar-refractivity contribution in [2.24, 2.45) is 0 Å². The SMILES string of the molecule is Cc1ccc(C(=Cc2c3c(c4c5cc(C(C)(C)C)cc6cc(C(C)(C)C)cc(c2=4)c65)=c2cc(C)ccc2=C3c2ccc(C)cc2)c2ccc(C)cc2)cc1. The van der Waals surface area contributed by atoms with E-state index >= 15 is 0 Å². The molecule has 0 saturated heterocycles. The topological polar surface area (TPSA) is 0 Å². The molecule has 0 N–H and O–H groups in total. The maximum Gasteiger partial charge on any atom is -0.000707 e. The Labute approximate surface area is 320 Å². The molecule has 0 heteroatoms. The summed E-state index contributed by atoms with van der Waals surface area (Å²) in [6, 6.07) is 44.5. The molecule has 0 radical (unpaired) electrons. The van der Waals surface area contributed by atoms with Crippen molar-refractivity contribution in [2.75, 3.05) is 0 Å². The zero-order chi connectivity index (χ0) is 37.8. The summed E-state index contributed by atoms with van der Waals surface area (Å²) in [4.78, 5) is 0.